The molecule has 0 unspecified atom stereocenters. The van der Waals surface area contributed by atoms with Gasteiger partial charge >= 0.3 is 0 Å². The molecule has 172 valence electrons. The third-order valence-electron chi connectivity index (χ3n) is 5.27. The average Bonchev–Trinajstić information content (AvgIpc) is 2.83. The van der Waals surface area contributed by atoms with Crippen molar-refractivity contribution < 1.29 is 14.6 Å². The van der Waals surface area contributed by atoms with Gasteiger partial charge in [-0.25, -0.2) is 9.97 Å². The van der Waals surface area contributed by atoms with E-state index in [-0.39, 0.29) is 6.61 Å². The number of rotatable bonds is 10. The number of nitriles is 1. The Hall–Kier alpha value is -2.79. The van der Waals surface area contributed by atoms with E-state index in [1.54, 1.807) is 6.20 Å². The molecule has 0 aliphatic heterocycles. The Morgan fingerprint density at radius 1 is 1.12 bits per heavy atom. The standard InChI is InChI=1S/C25H26ClN3O3S/c1-25(2,19-13-17(15-27)23(22(26)14-19)31-12-4-11-30)18-5-7-21(8-6-18)32-16-20-9-10-28-24(29-20)33-3/h5-10,13-14,30H,4,11-12,16H2,1-3H3. The van der Waals surface area contributed by atoms with Crippen LogP contribution in [0.1, 0.15) is 42.7 Å². The Kier molecular flexibility index (Phi) is 8.56. The summed E-state index contributed by atoms with van der Waals surface area (Å²) in [4.78, 5) is 8.59. The van der Waals surface area contributed by atoms with Crippen LogP contribution in [0.15, 0.2) is 53.8 Å². The van der Waals surface area contributed by atoms with Gasteiger partial charge < -0.3 is 14.6 Å². The smallest absolute Gasteiger partial charge is 0.187 e. The molecule has 0 amide bonds. The monoisotopic (exact) mass is 483 g/mol. The molecule has 2 aromatic carbocycles. The van der Waals surface area contributed by atoms with Crippen LogP contribution in [0.2, 0.25) is 5.02 Å². The van der Waals surface area contributed by atoms with Gasteiger partial charge in [0.1, 0.15) is 18.4 Å². The Labute approximate surface area is 203 Å². The second kappa shape index (κ2) is 11.4. The molecule has 33 heavy (non-hydrogen) atoms. The molecule has 1 aromatic heterocycles. The lowest BCUT2D eigenvalue weighted by Crippen LogP contribution is -2.19. The SMILES string of the molecule is CSc1nccc(COc2ccc(C(C)(C)c3cc(Cl)c(OCCCO)c(C#N)c3)cc2)n1. The van der Waals surface area contributed by atoms with Crippen molar-refractivity contribution in [3.05, 3.63) is 76.1 Å². The van der Waals surface area contributed by atoms with Crippen LogP contribution in [-0.4, -0.2) is 34.5 Å². The maximum absolute atomic E-state index is 9.62. The molecule has 1 N–H and O–H groups in total. The molecule has 0 atom stereocenters. The number of aliphatic hydroxyl groups is 1. The van der Waals surface area contributed by atoms with Crippen LogP contribution in [0.5, 0.6) is 11.5 Å². The van der Waals surface area contributed by atoms with Gasteiger partial charge in [-0.15, -0.1) is 0 Å². The van der Waals surface area contributed by atoms with Gasteiger partial charge in [-0.3, -0.25) is 0 Å². The van der Waals surface area contributed by atoms with E-state index in [9.17, 15) is 5.26 Å². The average molecular weight is 484 g/mol. The van der Waals surface area contributed by atoms with Crippen LogP contribution in [0, 0.1) is 11.3 Å². The Balaban J connectivity index is 1.76. The van der Waals surface area contributed by atoms with E-state index in [0.29, 0.717) is 41.1 Å². The van der Waals surface area contributed by atoms with Crippen LogP contribution < -0.4 is 9.47 Å². The van der Waals surface area contributed by atoms with Crippen molar-refractivity contribution in [1.82, 2.24) is 9.97 Å². The second-order valence-corrected chi connectivity index (χ2v) is 9.03. The molecule has 0 spiro atoms. The van der Waals surface area contributed by atoms with E-state index in [4.69, 9.17) is 26.2 Å². The van der Waals surface area contributed by atoms with Crippen molar-refractivity contribution >= 4 is 23.4 Å². The van der Waals surface area contributed by atoms with Gasteiger partial charge in [0.25, 0.3) is 0 Å². The number of thioether (sulfide) groups is 1. The van der Waals surface area contributed by atoms with Crippen molar-refractivity contribution in [2.24, 2.45) is 0 Å². The molecule has 3 rings (SSSR count). The van der Waals surface area contributed by atoms with Crippen molar-refractivity contribution in [2.45, 2.75) is 37.4 Å². The topological polar surface area (TPSA) is 88.3 Å². The lowest BCUT2D eigenvalue weighted by atomic mass is 9.77. The fourth-order valence-corrected chi connectivity index (χ4v) is 3.92. The number of ether oxygens (including phenoxy) is 2. The summed E-state index contributed by atoms with van der Waals surface area (Å²) in [5.41, 5.74) is 2.74. The van der Waals surface area contributed by atoms with Gasteiger partial charge in [-0.1, -0.05) is 49.3 Å². The number of benzene rings is 2. The molecule has 0 bridgehead atoms. The number of hydrogen-bond acceptors (Lipinski definition) is 7. The zero-order valence-electron chi connectivity index (χ0n) is 18.8. The summed E-state index contributed by atoms with van der Waals surface area (Å²) >= 11 is 7.95. The lowest BCUT2D eigenvalue weighted by Gasteiger charge is -2.27. The Morgan fingerprint density at radius 3 is 2.55 bits per heavy atom. The molecule has 0 radical (unpaired) electrons. The molecule has 0 aliphatic carbocycles. The molecular weight excluding hydrogens is 458 g/mol. The Bertz CT molecular complexity index is 1130. The number of aliphatic hydroxyl groups excluding tert-OH is 1. The highest BCUT2D eigenvalue weighted by Crippen LogP contribution is 2.38. The summed E-state index contributed by atoms with van der Waals surface area (Å²) in [7, 11) is 0. The first-order valence-electron chi connectivity index (χ1n) is 10.5. The molecular formula is C25H26ClN3O3S. The molecule has 0 aliphatic rings. The maximum Gasteiger partial charge on any atom is 0.187 e. The van der Waals surface area contributed by atoms with Gasteiger partial charge in [0.15, 0.2) is 10.9 Å². The Morgan fingerprint density at radius 2 is 1.88 bits per heavy atom. The molecule has 0 saturated heterocycles. The van der Waals surface area contributed by atoms with Gasteiger partial charge in [-0.05, 0) is 47.7 Å². The highest BCUT2D eigenvalue weighted by molar-refractivity contribution is 7.98. The number of halogens is 1. The highest BCUT2D eigenvalue weighted by atomic mass is 35.5. The summed E-state index contributed by atoms with van der Waals surface area (Å²) < 4.78 is 11.5. The number of aromatic nitrogens is 2. The van der Waals surface area contributed by atoms with Crippen LogP contribution >= 0.6 is 23.4 Å². The van der Waals surface area contributed by atoms with Gasteiger partial charge in [-0.2, -0.15) is 5.26 Å². The molecule has 8 heteroatoms. The van der Waals surface area contributed by atoms with E-state index in [2.05, 4.69) is 29.9 Å². The third kappa shape index (κ3) is 6.17. The molecule has 0 fully saturated rings. The predicted octanol–water partition coefficient (Wildman–Crippen LogP) is 5.39. The third-order valence-corrected chi connectivity index (χ3v) is 6.11. The van der Waals surface area contributed by atoms with Gasteiger partial charge in [0, 0.05) is 24.6 Å². The fraction of sp³-hybridized carbons (Fsp3) is 0.320. The lowest BCUT2D eigenvalue weighted by molar-refractivity contribution is 0.233. The molecule has 1 heterocycles. The van der Waals surface area contributed by atoms with E-state index in [1.807, 2.05) is 48.7 Å². The molecule has 0 saturated carbocycles. The number of nitrogens with zero attached hydrogens (tertiary/aromatic N) is 3. The second-order valence-electron chi connectivity index (χ2n) is 7.84. The minimum Gasteiger partial charge on any atom is -0.491 e. The van der Waals surface area contributed by atoms with Crippen LogP contribution in [-0.2, 0) is 12.0 Å². The first-order chi connectivity index (χ1) is 15.9. The largest absolute Gasteiger partial charge is 0.491 e. The fourth-order valence-electron chi connectivity index (χ4n) is 3.27. The minimum absolute atomic E-state index is 0.0161. The quantitative estimate of drug-likeness (QED) is 0.235. The predicted molar refractivity (Wildman–Crippen MR) is 130 cm³/mol. The zero-order valence-corrected chi connectivity index (χ0v) is 20.4. The van der Waals surface area contributed by atoms with E-state index in [1.165, 1.54) is 11.8 Å². The van der Waals surface area contributed by atoms with Crippen LogP contribution in [0.3, 0.4) is 0 Å². The molecule has 3 aromatic rings. The first kappa shape index (κ1) is 24.8. The summed E-state index contributed by atoms with van der Waals surface area (Å²) in [5.74, 6) is 1.09. The summed E-state index contributed by atoms with van der Waals surface area (Å²) in [6.07, 6.45) is 4.14. The highest BCUT2D eigenvalue weighted by Gasteiger charge is 2.26. The summed E-state index contributed by atoms with van der Waals surface area (Å²) in [6, 6.07) is 15.5. The van der Waals surface area contributed by atoms with E-state index >= 15 is 0 Å². The van der Waals surface area contributed by atoms with Crippen LogP contribution in [0.25, 0.3) is 0 Å². The zero-order chi connectivity index (χ0) is 23.8. The van der Waals surface area contributed by atoms with Crippen molar-refractivity contribution in [2.75, 3.05) is 19.5 Å². The van der Waals surface area contributed by atoms with Gasteiger partial charge in [0.2, 0.25) is 0 Å². The molecule has 6 nitrogen and oxygen atoms in total. The van der Waals surface area contributed by atoms with Crippen molar-refractivity contribution in [3.8, 4) is 17.6 Å². The number of hydrogen-bond donors (Lipinski definition) is 1. The van der Waals surface area contributed by atoms with E-state index in [0.717, 1.165) is 22.6 Å². The van der Waals surface area contributed by atoms with Crippen molar-refractivity contribution in [3.63, 3.8) is 0 Å². The summed E-state index contributed by atoms with van der Waals surface area (Å²) in [6.45, 7) is 4.82. The van der Waals surface area contributed by atoms with E-state index < -0.39 is 5.41 Å². The van der Waals surface area contributed by atoms with Gasteiger partial charge in [0.05, 0.1) is 22.9 Å². The minimum atomic E-state index is -0.405. The van der Waals surface area contributed by atoms with Crippen LogP contribution in [0.4, 0.5) is 0 Å². The normalized spacial score (nSPS) is 11.2. The van der Waals surface area contributed by atoms with Crippen molar-refractivity contribution in [1.29, 1.82) is 5.26 Å². The first-order valence-corrected chi connectivity index (χ1v) is 12.1. The summed E-state index contributed by atoms with van der Waals surface area (Å²) in [5, 5.41) is 19.7. The maximum atomic E-state index is 9.62.